The molecule has 0 bridgehead atoms. The summed E-state index contributed by atoms with van der Waals surface area (Å²) in [5, 5.41) is 0. The Morgan fingerprint density at radius 3 is 2.27 bits per heavy atom. The molecule has 1 heterocycles. The van der Waals surface area contributed by atoms with Crippen molar-refractivity contribution in [3.63, 3.8) is 0 Å². The minimum Gasteiger partial charge on any atom is -0.207 e. The van der Waals surface area contributed by atoms with Crippen molar-refractivity contribution < 1.29 is 4.57 Å². The Morgan fingerprint density at radius 1 is 1.36 bits per heavy atom. The molecule has 1 rings (SSSR count). The molecule has 0 saturated carbocycles. The molecule has 0 spiro atoms. The molecule has 0 N–H and O–H groups in total. The first-order valence-corrected chi connectivity index (χ1v) is 4.30. The van der Waals surface area contributed by atoms with Crippen molar-refractivity contribution in [2.45, 2.75) is 25.7 Å². The molecule has 62 valence electrons. The van der Waals surface area contributed by atoms with Gasteiger partial charge in [-0.3, -0.25) is 0 Å². The summed E-state index contributed by atoms with van der Waals surface area (Å²) in [6, 6.07) is 2.04. The molecular weight excluding hydrogens is 154 g/mol. The lowest BCUT2D eigenvalue weighted by molar-refractivity contribution is -0.673. The number of pyridine rings is 1. The van der Waals surface area contributed by atoms with Gasteiger partial charge >= 0.3 is 0 Å². The normalized spacial score (nSPS) is 8.45. The van der Waals surface area contributed by atoms with Gasteiger partial charge in [-0.05, 0) is 12.5 Å². The zero-order valence-electron chi connectivity index (χ0n) is 7.63. The maximum atomic E-state index is 4.25. The van der Waals surface area contributed by atoms with E-state index in [0.29, 0.717) is 0 Å². The predicted octanol–water partition coefficient (Wildman–Crippen LogP) is 2.13. The van der Waals surface area contributed by atoms with Crippen molar-refractivity contribution in [2.75, 3.05) is 0 Å². The van der Waals surface area contributed by atoms with Crippen molar-refractivity contribution >= 4 is 12.6 Å². The van der Waals surface area contributed by atoms with Crippen LogP contribution in [0.2, 0.25) is 0 Å². The van der Waals surface area contributed by atoms with Crippen LogP contribution >= 0.6 is 12.6 Å². The molecule has 0 radical (unpaired) electrons. The largest absolute Gasteiger partial charge is 0.207 e. The molecule has 0 aromatic carbocycles. The Morgan fingerprint density at radius 2 is 1.91 bits per heavy atom. The summed E-state index contributed by atoms with van der Waals surface area (Å²) in [5.74, 6) is 0. The van der Waals surface area contributed by atoms with E-state index in [0.717, 1.165) is 4.90 Å². The maximum absolute atomic E-state index is 4.25. The van der Waals surface area contributed by atoms with E-state index < -0.39 is 0 Å². The van der Waals surface area contributed by atoms with Gasteiger partial charge in [0.05, 0.1) is 4.90 Å². The number of rotatable bonds is 0. The first-order chi connectivity index (χ1) is 5.20. The average molecular weight is 170 g/mol. The second-order valence-electron chi connectivity index (χ2n) is 2.18. The van der Waals surface area contributed by atoms with Gasteiger partial charge in [0.25, 0.3) is 0 Å². The fourth-order valence-corrected chi connectivity index (χ4v) is 0.909. The van der Waals surface area contributed by atoms with Gasteiger partial charge in [-0.25, -0.2) is 4.57 Å². The molecule has 0 unspecified atom stereocenters. The molecule has 0 atom stereocenters. The van der Waals surface area contributed by atoms with Gasteiger partial charge in [0.1, 0.15) is 7.05 Å². The highest BCUT2D eigenvalue weighted by molar-refractivity contribution is 7.80. The quantitative estimate of drug-likeness (QED) is 0.449. The summed E-state index contributed by atoms with van der Waals surface area (Å²) < 4.78 is 1.98. The molecule has 2 heteroatoms. The number of aromatic nitrogens is 1. The summed E-state index contributed by atoms with van der Waals surface area (Å²) in [6.45, 7) is 6.04. The van der Waals surface area contributed by atoms with Gasteiger partial charge in [-0.1, -0.05) is 13.8 Å². The third-order valence-corrected chi connectivity index (χ3v) is 1.76. The highest BCUT2D eigenvalue weighted by atomic mass is 32.1. The van der Waals surface area contributed by atoms with Crippen molar-refractivity contribution in [3.05, 3.63) is 24.0 Å². The van der Waals surface area contributed by atoms with Crippen LogP contribution in [0.5, 0.6) is 0 Å². The third-order valence-electron chi connectivity index (χ3n) is 1.29. The van der Waals surface area contributed by atoms with Crippen molar-refractivity contribution in [1.82, 2.24) is 0 Å². The molecule has 0 saturated heterocycles. The van der Waals surface area contributed by atoms with Gasteiger partial charge in [0.15, 0.2) is 12.4 Å². The number of thiol groups is 1. The maximum Gasteiger partial charge on any atom is 0.182 e. The highest BCUT2D eigenvalue weighted by Crippen LogP contribution is 2.06. The number of hydrogen-bond acceptors (Lipinski definition) is 1. The van der Waals surface area contributed by atoms with Crippen LogP contribution in [0.1, 0.15) is 19.4 Å². The van der Waals surface area contributed by atoms with Crippen LogP contribution in [0.3, 0.4) is 0 Å². The van der Waals surface area contributed by atoms with E-state index >= 15 is 0 Å². The minimum absolute atomic E-state index is 1.04. The second kappa shape index (κ2) is 5.19. The van der Waals surface area contributed by atoms with Gasteiger partial charge in [0.2, 0.25) is 0 Å². The molecule has 0 aliphatic rings. The smallest absolute Gasteiger partial charge is 0.182 e. The summed E-state index contributed by atoms with van der Waals surface area (Å²) in [7, 11) is 1.99. The lowest BCUT2D eigenvalue weighted by atomic mass is 10.3. The Hall–Kier alpha value is -0.500. The molecule has 11 heavy (non-hydrogen) atoms. The minimum atomic E-state index is 1.04. The van der Waals surface area contributed by atoms with Crippen LogP contribution in [-0.4, -0.2) is 0 Å². The summed E-state index contributed by atoms with van der Waals surface area (Å²) >= 11 is 4.25. The van der Waals surface area contributed by atoms with E-state index in [1.54, 1.807) is 0 Å². The molecule has 1 nitrogen and oxygen atoms in total. The Labute approximate surface area is 74.5 Å². The van der Waals surface area contributed by atoms with Crippen LogP contribution in [0.15, 0.2) is 23.4 Å². The molecule has 0 amide bonds. The Bertz CT molecular complexity index is 221. The topological polar surface area (TPSA) is 3.88 Å². The Balaban J connectivity index is 0.000000461. The molecule has 0 aliphatic carbocycles. The fourth-order valence-electron chi connectivity index (χ4n) is 0.652. The van der Waals surface area contributed by atoms with E-state index in [4.69, 9.17) is 0 Å². The standard InChI is InChI=1S/C7H9NS.C2H6/c1-6-3-4-8(2)5-7(6)9;1-2/h3-5H,1-2H3;1-2H3/p+1. The van der Waals surface area contributed by atoms with E-state index in [1.807, 2.05) is 50.8 Å². The first-order valence-electron chi connectivity index (χ1n) is 3.85. The van der Waals surface area contributed by atoms with Crippen LogP contribution in [-0.2, 0) is 7.05 Å². The molecule has 1 aromatic rings. The summed E-state index contributed by atoms with van der Waals surface area (Å²) in [5.41, 5.74) is 1.22. The van der Waals surface area contributed by atoms with Crippen LogP contribution in [0, 0.1) is 6.92 Å². The lowest BCUT2D eigenvalue weighted by Gasteiger charge is -1.92. The number of aryl methyl sites for hydroxylation is 2. The van der Waals surface area contributed by atoms with E-state index in [1.165, 1.54) is 5.56 Å². The van der Waals surface area contributed by atoms with Crippen LogP contribution in [0.4, 0.5) is 0 Å². The van der Waals surface area contributed by atoms with Gasteiger partial charge < -0.3 is 0 Å². The van der Waals surface area contributed by atoms with Crippen molar-refractivity contribution in [2.24, 2.45) is 7.05 Å². The van der Waals surface area contributed by atoms with Crippen molar-refractivity contribution in [1.29, 1.82) is 0 Å². The van der Waals surface area contributed by atoms with Crippen LogP contribution < -0.4 is 4.57 Å². The SMILES string of the molecule is CC.Cc1cc[n+](C)cc1S. The van der Waals surface area contributed by atoms with Crippen molar-refractivity contribution in [3.8, 4) is 0 Å². The van der Waals surface area contributed by atoms with Gasteiger partial charge in [-0.2, -0.15) is 0 Å². The lowest BCUT2D eigenvalue weighted by Crippen LogP contribution is -2.26. The fraction of sp³-hybridized carbons (Fsp3) is 0.444. The highest BCUT2D eigenvalue weighted by Gasteiger charge is 1.95. The molecular formula is C9H16NS+. The van der Waals surface area contributed by atoms with Crippen LogP contribution in [0.25, 0.3) is 0 Å². The first kappa shape index (κ1) is 10.5. The number of nitrogens with zero attached hydrogens (tertiary/aromatic N) is 1. The second-order valence-corrected chi connectivity index (χ2v) is 2.66. The Kier molecular flexibility index (Phi) is 4.95. The zero-order valence-corrected chi connectivity index (χ0v) is 8.52. The molecule has 0 fully saturated rings. The van der Waals surface area contributed by atoms with E-state index in [9.17, 15) is 0 Å². The number of hydrogen-bond donors (Lipinski definition) is 1. The molecule has 1 aromatic heterocycles. The van der Waals surface area contributed by atoms with E-state index in [2.05, 4.69) is 12.6 Å². The average Bonchev–Trinajstić information content (AvgIpc) is 2.02. The zero-order chi connectivity index (χ0) is 8.85. The predicted molar refractivity (Wildman–Crippen MR) is 51.0 cm³/mol. The van der Waals surface area contributed by atoms with E-state index in [-0.39, 0.29) is 0 Å². The summed E-state index contributed by atoms with van der Waals surface area (Å²) in [6.07, 6.45) is 3.99. The van der Waals surface area contributed by atoms with Gasteiger partial charge in [0, 0.05) is 6.07 Å². The monoisotopic (exact) mass is 170 g/mol. The third kappa shape index (κ3) is 3.42. The van der Waals surface area contributed by atoms with Gasteiger partial charge in [-0.15, -0.1) is 12.6 Å². The summed E-state index contributed by atoms with van der Waals surface area (Å²) in [4.78, 5) is 1.04. The molecule has 0 aliphatic heterocycles.